The van der Waals surface area contributed by atoms with Gasteiger partial charge in [0.15, 0.2) is 6.10 Å². The molecule has 1 atom stereocenters. The highest BCUT2D eigenvalue weighted by Crippen LogP contribution is 2.13. The first-order chi connectivity index (χ1) is 9.06. The van der Waals surface area contributed by atoms with Gasteiger partial charge in [0.05, 0.1) is 0 Å². The summed E-state index contributed by atoms with van der Waals surface area (Å²) in [5.41, 5.74) is 1.18. The number of benzene rings is 1. The van der Waals surface area contributed by atoms with Gasteiger partial charge < -0.3 is 10.1 Å². The molecule has 0 saturated heterocycles. The lowest BCUT2D eigenvalue weighted by atomic mass is 10.0. The van der Waals surface area contributed by atoms with Crippen molar-refractivity contribution in [3.05, 3.63) is 29.8 Å². The average Bonchev–Trinajstić information content (AvgIpc) is 2.42. The van der Waals surface area contributed by atoms with Crippen LogP contribution in [0.15, 0.2) is 24.3 Å². The second-order valence-corrected chi connectivity index (χ2v) is 5.00. The van der Waals surface area contributed by atoms with Crippen LogP contribution in [-0.4, -0.2) is 18.6 Å². The van der Waals surface area contributed by atoms with Crippen LogP contribution >= 0.6 is 0 Å². The fourth-order valence-electron chi connectivity index (χ4n) is 1.84. The fourth-order valence-corrected chi connectivity index (χ4v) is 1.84. The zero-order chi connectivity index (χ0) is 14.3. The smallest absolute Gasteiger partial charge is 0.260 e. The van der Waals surface area contributed by atoms with Crippen LogP contribution in [0.5, 0.6) is 5.75 Å². The van der Waals surface area contributed by atoms with E-state index in [1.54, 1.807) is 6.92 Å². The Kier molecular flexibility index (Phi) is 6.40. The molecule has 0 aliphatic heterocycles. The Morgan fingerprint density at radius 3 is 2.32 bits per heavy atom. The summed E-state index contributed by atoms with van der Waals surface area (Å²) < 4.78 is 5.62. The highest BCUT2D eigenvalue weighted by molar-refractivity contribution is 5.80. The van der Waals surface area contributed by atoms with E-state index in [9.17, 15) is 4.79 Å². The van der Waals surface area contributed by atoms with Gasteiger partial charge in [-0.15, -0.1) is 0 Å². The molecule has 0 aromatic heterocycles. The molecule has 1 aromatic carbocycles. The van der Waals surface area contributed by atoms with Crippen molar-refractivity contribution in [2.75, 3.05) is 6.54 Å². The van der Waals surface area contributed by atoms with E-state index in [0.29, 0.717) is 5.92 Å². The van der Waals surface area contributed by atoms with Gasteiger partial charge in [-0.3, -0.25) is 4.79 Å². The van der Waals surface area contributed by atoms with Gasteiger partial charge in [0.1, 0.15) is 5.75 Å². The van der Waals surface area contributed by atoms with Crippen LogP contribution in [0.1, 0.15) is 39.2 Å². The third kappa shape index (κ3) is 5.33. The monoisotopic (exact) mass is 263 g/mol. The molecule has 19 heavy (non-hydrogen) atoms. The molecule has 0 spiro atoms. The third-order valence-corrected chi connectivity index (χ3v) is 3.42. The van der Waals surface area contributed by atoms with E-state index in [4.69, 9.17) is 4.74 Å². The molecule has 0 radical (unpaired) electrons. The number of amides is 1. The lowest BCUT2D eigenvalue weighted by Gasteiger charge is -2.17. The zero-order valence-corrected chi connectivity index (χ0v) is 12.4. The normalized spacial score (nSPS) is 12.3. The van der Waals surface area contributed by atoms with Crippen LogP contribution in [0.25, 0.3) is 0 Å². The van der Waals surface area contributed by atoms with Gasteiger partial charge >= 0.3 is 0 Å². The summed E-state index contributed by atoms with van der Waals surface area (Å²) in [6, 6.07) is 7.73. The van der Waals surface area contributed by atoms with Crippen LogP contribution in [0, 0.1) is 12.8 Å². The van der Waals surface area contributed by atoms with Crippen molar-refractivity contribution >= 4 is 5.91 Å². The van der Waals surface area contributed by atoms with Gasteiger partial charge in [-0.1, -0.05) is 44.4 Å². The first-order valence-electron chi connectivity index (χ1n) is 7.07. The number of aryl methyl sites for hydroxylation is 1. The number of hydrogen-bond acceptors (Lipinski definition) is 2. The van der Waals surface area contributed by atoms with Crippen molar-refractivity contribution in [3.8, 4) is 5.75 Å². The van der Waals surface area contributed by atoms with Gasteiger partial charge in [0.2, 0.25) is 0 Å². The molecule has 1 amide bonds. The van der Waals surface area contributed by atoms with Crippen molar-refractivity contribution in [1.29, 1.82) is 0 Å². The van der Waals surface area contributed by atoms with Gasteiger partial charge in [0.25, 0.3) is 5.91 Å². The minimum absolute atomic E-state index is 0.0486. The minimum atomic E-state index is -0.461. The maximum atomic E-state index is 11.9. The molecular formula is C16H25NO2. The topological polar surface area (TPSA) is 38.3 Å². The molecule has 1 unspecified atom stereocenters. The summed E-state index contributed by atoms with van der Waals surface area (Å²) in [4.78, 5) is 11.9. The summed E-state index contributed by atoms with van der Waals surface area (Å²) in [5.74, 6) is 1.23. The number of hydrogen-bond donors (Lipinski definition) is 1. The number of carbonyl (C=O) groups is 1. The third-order valence-electron chi connectivity index (χ3n) is 3.42. The van der Waals surface area contributed by atoms with E-state index in [1.165, 1.54) is 5.56 Å². The van der Waals surface area contributed by atoms with Crippen molar-refractivity contribution < 1.29 is 9.53 Å². The molecule has 0 aliphatic carbocycles. The average molecular weight is 263 g/mol. The summed E-state index contributed by atoms with van der Waals surface area (Å²) >= 11 is 0. The fraction of sp³-hybridized carbons (Fsp3) is 0.562. The Balaban J connectivity index is 2.42. The molecule has 106 valence electrons. The molecule has 1 N–H and O–H groups in total. The highest BCUT2D eigenvalue weighted by atomic mass is 16.5. The summed E-state index contributed by atoms with van der Waals surface area (Å²) in [7, 11) is 0. The Bertz CT molecular complexity index is 382. The molecular weight excluding hydrogens is 238 g/mol. The Labute approximate surface area is 116 Å². The summed E-state index contributed by atoms with van der Waals surface area (Å²) in [6.45, 7) is 8.82. The number of rotatable bonds is 7. The Morgan fingerprint density at radius 1 is 1.21 bits per heavy atom. The van der Waals surface area contributed by atoms with Crippen molar-refractivity contribution in [1.82, 2.24) is 5.32 Å². The van der Waals surface area contributed by atoms with Crippen LogP contribution in [0.3, 0.4) is 0 Å². The molecule has 0 heterocycles. The van der Waals surface area contributed by atoms with E-state index >= 15 is 0 Å². The number of nitrogens with one attached hydrogen (secondary N) is 1. The van der Waals surface area contributed by atoms with Gasteiger partial charge in [-0.05, 0) is 31.9 Å². The van der Waals surface area contributed by atoms with E-state index in [2.05, 4.69) is 19.2 Å². The molecule has 3 heteroatoms. The lowest BCUT2D eigenvalue weighted by molar-refractivity contribution is -0.127. The molecule has 0 bridgehead atoms. The maximum absolute atomic E-state index is 11.9. The predicted molar refractivity (Wildman–Crippen MR) is 78.4 cm³/mol. The quantitative estimate of drug-likeness (QED) is 0.819. The zero-order valence-electron chi connectivity index (χ0n) is 12.4. The van der Waals surface area contributed by atoms with Crippen LogP contribution < -0.4 is 10.1 Å². The summed E-state index contributed by atoms with van der Waals surface area (Å²) in [6.07, 6.45) is 1.71. The molecule has 1 aromatic rings. The van der Waals surface area contributed by atoms with E-state index in [0.717, 1.165) is 25.1 Å². The lowest BCUT2D eigenvalue weighted by Crippen LogP contribution is -2.38. The Morgan fingerprint density at radius 2 is 1.79 bits per heavy atom. The van der Waals surface area contributed by atoms with Crippen LogP contribution in [-0.2, 0) is 4.79 Å². The Hall–Kier alpha value is -1.51. The molecule has 0 saturated carbocycles. The van der Waals surface area contributed by atoms with E-state index < -0.39 is 6.10 Å². The van der Waals surface area contributed by atoms with Crippen LogP contribution in [0.2, 0.25) is 0 Å². The standard InChI is InChI=1S/C16H25NO2/c1-5-14(6-2)11-17-16(18)13(4)19-15-9-7-12(3)8-10-15/h7-10,13-14H,5-6,11H2,1-4H3,(H,17,18). The maximum Gasteiger partial charge on any atom is 0.260 e. The minimum Gasteiger partial charge on any atom is -0.481 e. The molecule has 1 rings (SSSR count). The molecule has 3 nitrogen and oxygen atoms in total. The van der Waals surface area contributed by atoms with Gasteiger partial charge in [-0.2, -0.15) is 0 Å². The SMILES string of the molecule is CCC(CC)CNC(=O)C(C)Oc1ccc(C)cc1. The predicted octanol–water partition coefficient (Wildman–Crippen LogP) is 3.31. The van der Waals surface area contributed by atoms with E-state index in [-0.39, 0.29) is 5.91 Å². The second-order valence-electron chi connectivity index (χ2n) is 5.00. The van der Waals surface area contributed by atoms with Crippen LogP contribution in [0.4, 0.5) is 0 Å². The van der Waals surface area contributed by atoms with Crippen molar-refractivity contribution in [2.45, 2.75) is 46.6 Å². The first kappa shape index (κ1) is 15.5. The number of carbonyl (C=O) groups excluding carboxylic acids is 1. The second kappa shape index (κ2) is 7.82. The number of ether oxygens (including phenoxy) is 1. The molecule has 0 aliphatic rings. The largest absolute Gasteiger partial charge is 0.481 e. The van der Waals surface area contributed by atoms with Gasteiger partial charge in [-0.25, -0.2) is 0 Å². The molecule has 0 fully saturated rings. The van der Waals surface area contributed by atoms with Crippen molar-refractivity contribution in [2.24, 2.45) is 5.92 Å². The first-order valence-corrected chi connectivity index (χ1v) is 7.07. The van der Waals surface area contributed by atoms with E-state index in [1.807, 2.05) is 31.2 Å². The van der Waals surface area contributed by atoms with Gasteiger partial charge in [0, 0.05) is 6.54 Å². The highest BCUT2D eigenvalue weighted by Gasteiger charge is 2.15. The van der Waals surface area contributed by atoms with Crippen molar-refractivity contribution in [3.63, 3.8) is 0 Å². The summed E-state index contributed by atoms with van der Waals surface area (Å²) in [5, 5.41) is 2.95.